The molecular formula is C28H32FN7O3S. The Hall–Kier alpha value is -3.80. The second-order valence-corrected chi connectivity index (χ2v) is 13.0. The quantitative estimate of drug-likeness (QED) is 0.332. The number of anilines is 2. The Kier molecular flexibility index (Phi) is 6.60. The highest BCUT2D eigenvalue weighted by atomic mass is 32.2. The molecule has 2 aliphatic heterocycles. The van der Waals surface area contributed by atoms with Gasteiger partial charge in [0.2, 0.25) is 0 Å². The molecule has 2 saturated heterocycles. The Labute approximate surface area is 232 Å². The first-order valence-corrected chi connectivity index (χ1v) is 15.4. The minimum absolute atomic E-state index is 0.0378. The van der Waals surface area contributed by atoms with E-state index in [2.05, 4.69) is 9.88 Å². The van der Waals surface area contributed by atoms with E-state index in [4.69, 9.17) is 19.8 Å². The fourth-order valence-electron chi connectivity index (χ4n) is 5.71. The minimum Gasteiger partial charge on any atom is -0.496 e. The number of hydrogen-bond acceptors (Lipinski definition) is 9. The molecule has 6 heterocycles. The maximum absolute atomic E-state index is 14.2. The van der Waals surface area contributed by atoms with Gasteiger partial charge in [-0.05, 0) is 32.4 Å². The molecule has 12 heteroatoms. The number of pyridine rings is 3. The zero-order valence-corrected chi connectivity index (χ0v) is 23.8. The third-order valence-corrected chi connectivity index (χ3v) is 8.98. The summed E-state index contributed by atoms with van der Waals surface area (Å²) >= 11 is 0. The molecule has 0 spiro atoms. The zero-order chi connectivity index (χ0) is 28.2. The number of fused-ring (bicyclic) bond motifs is 1. The van der Waals surface area contributed by atoms with Crippen molar-refractivity contribution >= 4 is 32.2 Å². The lowest BCUT2D eigenvalue weighted by Gasteiger charge is -2.48. The largest absolute Gasteiger partial charge is 0.496 e. The Bertz CT molecular complexity index is 1690. The van der Waals surface area contributed by atoms with E-state index < -0.39 is 16.0 Å². The van der Waals surface area contributed by atoms with Crippen molar-refractivity contribution in [3.05, 3.63) is 48.5 Å². The van der Waals surface area contributed by atoms with Crippen molar-refractivity contribution in [2.45, 2.75) is 32.5 Å². The number of hydrogen-bond donors (Lipinski definition) is 0. The standard InChI is InChI=1S/C28H32FN7O3S/c1-17-22-13-31-36(25(22)11-24(32-17)23-12-30-7-5-26(23)39-3)28-10-21(9-27(33-28)34-8-6-20(29)15-34)35-14-19(18(35)2)16-40(4,37)38/h5,7,9-13,18-20H,6,8,14-16H2,1-4H3/t18-,19-,20-/m1/s1. The van der Waals surface area contributed by atoms with Gasteiger partial charge in [0.15, 0.2) is 5.82 Å². The van der Waals surface area contributed by atoms with E-state index in [9.17, 15) is 12.8 Å². The maximum Gasteiger partial charge on any atom is 0.158 e. The Morgan fingerprint density at radius 2 is 1.93 bits per heavy atom. The SMILES string of the molecule is COc1ccncc1-c1cc2c(cnn2-c2cc(N3C[C@H](CS(C)(=O)=O)[C@H]3C)cc(N3CC[C@@H](F)C3)n2)c(C)n1. The van der Waals surface area contributed by atoms with E-state index >= 15 is 0 Å². The molecule has 210 valence electrons. The highest BCUT2D eigenvalue weighted by molar-refractivity contribution is 7.90. The highest BCUT2D eigenvalue weighted by Gasteiger charge is 2.38. The number of rotatable bonds is 7. The first-order chi connectivity index (χ1) is 19.1. The lowest BCUT2D eigenvalue weighted by molar-refractivity contribution is 0.341. The van der Waals surface area contributed by atoms with Crippen LogP contribution in [0.25, 0.3) is 28.0 Å². The predicted molar refractivity (Wildman–Crippen MR) is 153 cm³/mol. The number of sulfone groups is 1. The first-order valence-electron chi connectivity index (χ1n) is 13.3. The molecule has 0 saturated carbocycles. The number of methoxy groups -OCH3 is 1. The van der Waals surface area contributed by atoms with Crippen LogP contribution in [0, 0.1) is 12.8 Å². The summed E-state index contributed by atoms with van der Waals surface area (Å²) in [5.41, 5.74) is 4.00. The monoisotopic (exact) mass is 565 g/mol. The van der Waals surface area contributed by atoms with E-state index in [0.29, 0.717) is 42.6 Å². The molecule has 0 aromatic carbocycles. The van der Waals surface area contributed by atoms with Crippen LogP contribution in [0.15, 0.2) is 42.9 Å². The van der Waals surface area contributed by atoms with Crippen molar-refractivity contribution in [3.63, 3.8) is 0 Å². The number of aromatic nitrogens is 5. The van der Waals surface area contributed by atoms with Crippen LogP contribution in [-0.2, 0) is 9.84 Å². The van der Waals surface area contributed by atoms with Crippen molar-refractivity contribution in [3.8, 4) is 22.8 Å². The Morgan fingerprint density at radius 3 is 2.62 bits per heavy atom. The predicted octanol–water partition coefficient (Wildman–Crippen LogP) is 3.61. The van der Waals surface area contributed by atoms with Crippen LogP contribution in [0.4, 0.5) is 15.9 Å². The van der Waals surface area contributed by atoms with Crippen LogP contribution in [-0.4, -0.2) is 84.1 Å². The smallest absolute Gasteiger partial charge is 0.158 e. The van der Waals surface area contributed by atoms with Crippen molar-refractivity contribution in [2.24, 2.45) is 5.92 Å². The Morgan fingerprint density at radius 1 is 1.12 bits per heavy atom. The summed E-state index contributed by atoms with van der Waals surface area (Å²) in [4.78, 5) is 18.1. The summed E-state index contributed by atoms with van der Waals surface area (Å²) in [6, 6.07) is 7.72. The first kappa shape index (κ1) is 26.4. The van der Waals surface area contributed by atoms with Crippen LogP contribution in [0.5, 0.6) is 5.75 Å². The van der Waals surface area contributed by atoms with Crippen molar-refractivity contribution < 1.29 is 17.5 Å². The van der Waals surface area contributed by atoms with Crippen molar-refractivity contribution in [2.75, 3.05) is 48.6 Å². The average Bonchev–Trinajstić information content (AvgIpc) is 3.56. The fourth-order valence-corrected chi connectivity index (χ4v) is 6.87. The van der Waals surface area contributed by atoms with Gasteiger partial charge in [-0.25, -0.2) is 22.5 Å². The number of ether oxygens (including phenoxy) is 1. The number of alkyl halides is 1. The van der Waals surface area contributed by atoms with Gasteiger partial charge in [0.05, 0.1) is 42.4 Å². The van der Waals surface area contributed by atoms with Gasteiger partial charge in [-0.2, -0.15) is 5.10 Å². The normalized spacial score (nSPS) is 21.2. The van der Waals surface area contributed by atoms with E-state index in [1.165, 1.54) is 6.26 Å². The van der Waals surface area contributed by atoms with Gasteiger partial charge in [0.1, 0.15) is 27.6 Å². The molecule has 0 aliphatic carbocycles. The molecule has 3 atom stereocenters. The van der Waals surface area contributed by atoms with Crippen molar-refractivity contribution in [1.82, 2.24) is 24.7 Å². The summed E-state index contributed by atoms with van der Waals surface area (Å²) in [6.07, 6.45) is 6.02. The molecule has 0 N–H and O–H groups in total. The van der Waals surface area contributed by atoms with Crippen LogP contribution in [0.1, 0.15) is 19.0 Å². The average molecular weight is 566 g/mol. The highest BCUT2D eigenvalue weighted by Crippen LogP contribution is 2.37. The topological polar surface area (TPSA) is 106 Å². The summed E-state index contributed by atoms with van der Waals surface area (Å²) in [5.74, 6) is 2.14. The molecule has 2 aliphatic rings. The molecule has 6 rings (SSSR count). The van der Waals surface area contributed by atoms with Crippen molar-refractivity contribution in [1.29, 1.82) is 0 Å². The zero-order valence-electron chi connectivity index (χ0n) is 23.0. The van der Waals surface area contributed by atoms with Crippen LogP contribution >= 0.6 is 0 Å². The van der Waals surface area contributed by atoms with Gasteiger partial charge < -0.3 is 14.5 Å². The molecule has 0 amide bonds. The van der Waals surface area contributed by atoms with E-state index in [1.54, 1.807) is 36.4 Å². The van der Waals surface area contributed by atoms with E-state index in [-0.39, 0.29) is 24.3 Å². The van der Waals surface area contributed by atoms with Gasteiger partial charge in [0, 0.05) is 72.6 Å². The summed E-state index contributed by atoms with van der Waals surface area (Å²) in [6.45, 7) is 5.47. The molecule has 10 nitrogen and oxygen atoms in total. The molecule has 0 unspecified atom stereocenters. The second-order valence-electron chi connectivity index (χ2n) is 10.8. The van der Waals surface area contributed by atoms with Gasteiger partial charge in [0.25, 0.3) is 0 Å². The summed E-state index contributed by atoms with van der Waals surface area (Å²) in [5, 5.41) is 5.58. The maximum atomic E-state index is 14.2. The summed E-state index contributed by atoms with van der Waals surface area (Å²) < 4.78 is 45.3. The molecule has 0 bridgehead atoms. The number of aryl methyl sites for hydroxylation is 1. The fraction of sp³-hybridized carbons (Fsp3) is 0.429. The molecule has 0 radical (unpaired) electrons. The minimum atomic E-state index is -3.08. The van der Waals surface area contributed by atoms with Crippen LogP contribution in [0.2, 0.25) is 0 Å². The van der Waals surface area contributed by atoms with Gasteiger partial charge in [-0.1, -0.05) is 0 Å². The lowest BCUT2D eigenvalue weighted by Crippen LogP contribution is -2.57. The van der Waals surface area contributed by atoms with Gasteiger partial charge in [-0.15, -0.1) is 0 Å². The number of nitrogens with zero attached hydrogens (tertiary/aromatic N) is 7. The lowest BCUT2D eigenvalue weighted by atomic mass is 9.91. The van der Waals surface area contributed by atoms with Crippen LogP contribution in [0.3, 0.4) is 0 Å². The second kappa shape index (κ2) is 9.99. The van der Waals surface area contributed by atoms with E-state index in [1.807, 2.05) is 36.9 Å². The van der Waals surface area contributed by atoms with Gasteiger partial charge >= 0.3 is 0 Å². The molecule has 40 heavy (non-hydrogen) atoms. The van der Waals surface area contributed by atoms with Crippen LogP contribution < -0.4 is 14.5 Å². The van der Waals surface area contributed by atoms with E-state index in [0.717, 1.165) is 27.8 Å². The molecule has 4 aromatic rings. The Balaban J connectivity index is 1.45. The third-order valence-electron chi connectivity index (χ3n) is 7.94. The molecular weight excluding hydrogens is 533 g/mol. The third kappa shape index (κ3) is 4.85. The molecule has 4 aromatic heterocycles. The number of halogens is 1. The van der Waals surface area contributed by atoms with Gasteiger partial charge in [-0.3, -0.25) is 9.97 Å². The molecule has 2 fully saturated rings. The summed E-state index contributed by atoms with van der Waals surface area (Å²) in [7, 11) is -1.46.